The molecule has 8 nitrogen and oxygen atoms in total. The summed E-state index contributed by atoms with van der Waals surface area (Å²) in [5.41, 5.74) is 2.85. The Balaban J connectivity index is 1.37. The molecule has 0 N–H and O–H groups in total. The van der Waals surface area contributed by atoms with Crippen molar-refractivity contribution in [2.45, 2.75) is 31.5 Å². The lowest BCUT2D eigenvalue weighted by molar-refractivity contribution is -0.130. The lowest BCUT2D eigenvalue weighted by atomic mass is 10.1. The van der Waals surface area contributed by atoms with E-state index in [1.165, 1.54) is 22.3 Å². The zero-order valence-electron chi connectivity index (χ0n) is 17.6. The van der Waals surface area contributed by atoms with E-state index in [-0.39, 0.29) is 17.7 Å². The van der Waals surface area contributed by atoms with E-state index < -0.39 is 0 Å². The summed E-state index contributed by atoms with van der Waals surface area (Å²) in [4.78, 5) is 13.2. The molecule has 0 aliphatic carbocycles. The summed E-state index contributed by atoms with van der Waals surface area (Å²) in [6, 6.07) is 15.1. The number of carbonyl (C=O) groups excluding carboxylic acids is 1. The number of carbonyl (C=O) groups is 1. The fourth-order valence-corrected chi connectivity index (χ4v) is 4.50. The number of rotatable bonds is 6. The first kappa shape index (κ1) is 20.3. The van der Waals surface area contributed by atoms with E-state index in [0.717, 1.165) is 11.5 Å². The molecule has 0 fully saturated rings. The maximum atomic E-state index is 13.2. The van der Waals surface area contributed by atoms with Crippen molar-refractivity contribution in [2.75, 3.05) is 5.75 Å². The number of thioether (sulfide) groups is 1. The number of hydrazone groups is 1. The summed E-state index contributed by atoms with van der Waals surface area (Å²) >= 11 is 1.33. The van der Waals surface area contributed by atoms with Gasteiger partial charge in [0, 0.05) is 12.1 Å². The maximum absolute atomic E-state index is 13.2. The number of amides is 1. The van der Waals surface area contributed by atoms with Crippen molar-refractivity contribution in [1.82, 2.24) is 19.8 Å². The lowest BCUT2D eigenvalue weighted by Crippen LogP contribution is -2.28. The fraction of sp³-hybridized carbons (Fsp3) is 0.217. The van der Waals surface area contributed by atoms with E-state index in [2.05, 4.69) is 15.3 Å². The topological polar surface area (TPSA) is 89.7 Å². The molecule has 0 bridgehead atoms. The third-order valence-electron chi connectivity index (χ3n) is 5.26. The summed E-state index contributed by atoms with van der Waals surface area (Å²) < 4.78 is 13.0. The SMILES string of the molecule is Cc1ccc(-n2c(C)nnc2SCC(=O)N2N=C(c3ccco3)CC2c2ccco2)cc1. The first-order valence-corrected chi connectivity index (χ1v) is 11.2. The highest BCUT2D eigenvalue weighted by molar-refractivity contribution is 7.99. The van der Waals surface area contributed by atoms with Crippen LogP contribution in [0.4, 0.5) is 0 Å². The van der Waals surface area contributed by atoms with Crippen molar-refractivity contribution in [2.24, 2.45) is 5.10 Å². The Labute approximate surface area is 188 Å². The molecule has 32 heavy (non-hydrogen) atoms. The Morgan fingerprint density at radius 1 is 1.06 bits per heavy atom. The predicted molar refractivity (Wildman–Crippen MR) is 120 cm³/mol. The van der Waals surface area contributed by atoms with Gasteiger partial charge in [0.1, 0.15) is 29.1 Å². The molecule has 1 aliphatic heterocycles. The Morgan fingerprint density at radius 2 is 1.84 bits per heavy atom. The van der Waals surface area contributed by atoms with Crippen LogP contribution < -0.4 is 0 Å². The minimum absolute atomic E-state index is 0.144. The van der Waals surface area contributed by atoms with Gasteiger partial charge in [-0.05, 0) is 50.2 Å². The van der Waals surface area contributed by atoms with Crippen LogP contribution >= 0.6 is 11.8 Å². The molecule has 162 valence electrons. The molecule has 0 spiro atoms. The molecule has 0 saturated heterocycles. The molecular formula is C23H21N5O3S. The first-order chi connectivity index (χ1) is 15.6. The van der Waals surface area contributed by atoms with Gasteiger partial charge >= 0.3 is 0 Å². The second-order valence-corrected chi connectivity index (χ2v) is 8.43. The largest absolute Gasteiger partial charge is 0.467 e. The molecule has 1 aliphatic rings. The van der Waals surface area contributed by atoms with Crippen molar-refractivity contribution in [3.05, 3.63) is 84.0 Å². The predicted octanol–water partition coefficient (Wildman–Crippen LogP) is 4.54. The molecule has 0 radical (unpaired) electrons. The van der Waals surface area contributed by atoms with Crippen LogP contribution in [-0.2, 0) is 4.79 Å². The van der Waals surface area contributed by atoms with Gasteiger partial charge in [-0.25, -0.2) is 5.01 Å². The zero-order chi connectivity index (χ0) is 22.1. The second-order valence-electron chi connectivity index (χ2n) is 7.49. The molecule has 1 atom stereocenters. The molecular weight excluding hydrogens is 426 g/mol. The van der Waals surface area contributed by atoms with Crippen LogP contribution in [0.15, 0.2) is 80.1 Å². The fourth-order valence-electron chi connectivity index (χ4n) is 3.65. The van der Waals surface area contributed by atoms with Gasteiger partial charge in [-0.2, -0.15) is 5.10 Å². The Hall–Kier alpha value is -3.59. The van der Waals surface area contributed by atoms with Gasteiger partial charge in [0.05, 0.1) is 18.3 Å². The smallest absolute Gasteiger partial charge is 0.253 e. The standard InChI is InChI=1S/C23H21N5O3S/c1-15-7-9-17(10-8-15)27-16(2)24-25-23(27)32-14-22(29)28-19(21-6-4-12-31-21)13-18(26-28)20-5-3-11-30-20/h3-12,19H,13-14H2,1-2H3. The van der Waals surface area contributed by atoms with E-state index >= 15 is 0 Å². The summed E-state index contributed by atoms with van der Waals surface area (Å²) in [5, 5.41) is 15.2. The maximum Gasteiger partial charge on any atom is 0.253 e. The van der Waals surface area contributed by atoms with Gasteiger partial charge in [0.15, 0.2) is 5.16 Å². The second kappa shape index (κ2) is 8.51. The molecule has 4 heterocycles. The number of hydrogen-bond acceptors (Lipinski definition) is 7. The summed E-state index contributed by atoms with van der Waals surface area (Å²) in [7, 11) is 0. The summed E-state index contributed by atoms with van der Waals surface area (Å²) in [6.45, 7) is 3.94. The van der Waals surface area contributed by atoms with Gasteiger partial charge in [-0.1, -0.05) is 29.5 Å². The molecule has 9 heteroatoms. The van der Waals surface area contributed by atoms with Crippen molar-refractivity contribution >= 4 is 23.4 Å². The summed E-state index contributed by atoms with van der Waals surface area (Å²) in [6.07, 6.45) is 3.72. The molecule has 1 aromatic carbocycles. The third kappa shape index (κ3) is 3.87. The number of nitrogens with zero attached hydrogens (tertiary/aromatic N) is 5. The molecule has 0 saturated carbocycles. The van der Waals surface area contributed by atoms with Crippen molar-refractivity contribution in [1.29, 1.82) is 0 Å². The summed E-state index contributed by atoms with van der Waals surface area (Å²) in [5.74, 6) is 2.12. The highest BCUT2D eigenvalue weighted by atomic mass is 32.2. The van der Waals surface area contributed by atoms with Crippen LogP contribution in [0.1, 0.15) is 35.4 Å². The van der Waals surface area contributed by atoms with Crippen LogP contribution in [0.5, 0.6) is 0 Å². The number of aryl methyl sites for hydroxylation is 2. The van der Waals surface area contributed by atoms with Gasteiger partial charge in [-0.15, -0.1) is 10.2 Å². The first-order valence-electron chi connectivity index (χ1n) is 10.2. The van der Waals surface area contributed by atoms with E-state index in [1.807, 2.05) is 60.9 Å². The Kier molecular flexibility index (Phi) is 5.40. The van der Waals surface area contributed by atoms with E-state index in [1.54, 1.807) is 18.6 Å². The van der Waals surface area contributed by atoms with Crippen LogP contribution in [0.2, 0.25) is 0 Å². The average Bonchev–Trinajstić information content (AvgIpc) is 3.59. The van der Waals surface area contributed by atoms with E-state index in [0.29, 0.717) is 28.8 Å². The van der Waals surface area contributed by atoms with Crippen molar-refractivity contribution in [3.63, 3.8) is 0 Å². The molecule has 3 aromatic heterocycles. The van der Waals surface area contributed by atoms with Crippen LogP contribution in [0.3, 0.4) is 0 Å². The number of furan rings is 2. The van der Waals surface area contributed by atoms with Crippen LogP contribution in [0.25, 0.3) is 5.69 Å². The average molecular weight is 448 g/mol. The molecule has 4 aromatic rings. The van der Waals surface area contributed by atoms with Crippen molar-refractivity contribution < 1.29 is 13.6 Å². The number of hydrogen-bond donors (Lipinski definition) is 0. The molecule has 5 rings (SSSR count). The monoisotopic (exact) mass is 447 g/mol. The quantitative estimate of drug-likeness (QED) is 0.403. The molecule has 1 amide bonds. The van der Waals surface area contributed by atoms with Crippen LogP contribution in [-0.4, -0.2) is 37.1 Å². The normalized spacial score (nSPS) is 15.9. The van der Waals surface area contributed by atoms with Crippen molar-refractivity contribution in [3.8, 4) is 5.69 Å². The van der Waals surface area contributed by atoms with Gasteiger partial charge in [0.2, 0.25) is 0 Å². The Morgan fingerprint density at radius 3 is 2.56 bits per heavy atom. The highest BCUT2D eigenvalue weighted by Crippen LogP contribution is 2.34. The number of aromatic nitrogens is 3. The minimum atomic E-state index is -0.310. The molecule has 1 unspecified atom stereocenters. The van der Waals surface area contributed by atoms with E-state index in [4.69, 9.17) is 8.83 Å². The zero-order valence-corrected chi connectivity index (χ0v) is 18.5. The number of benzene rings is 1. The van der Waals surface area contributed by atoms with E-state index in [9.17, 15) is 4.79 Å². The van der Waals surface area contributed by atoms with Crippen LogP contribution in [0, 0.1) is 13.8 Å². The van der Waals surface area contributed by atoms with Gasteiger partial charge < -0.3 is 8.83 Å². The van der Waals surface area contributed by atoms with Gasteiger partial charge in [0.25, 0.3) is 5.91 Å². The lowest BCUT2D eigenvalue weighted by Gasteiger charge is -2.19. The van der Waals surface area contributed by atoms with Gasteiger partial charge in [-0.3, -0.25) is 9.36 Å². The third-order valence-corrected chi connectivity index (χ3v) is 6.17. The Bertz CT molecular complexity index is 1240. The highest BCUT2D eigenvalue weighted by Gasteiger charge is 2.35. The minimum Gasteiger partial charge on any atom is -0.467 e.